The van der Waals surface area contributed by atoms with Gasteiger partial charge in [0, 0.05) is 36.0 Å². The van der Waals surface area contributed by atoms with Gasteiger partial charge in [-0.3, -0.25) is 9.79 Å². The van der Waals surface area contributed by atoms with Crippen LogP contribution in [0.3, 0.4) is 0 Å². The molecule has 1 N–H and O–H groups in total. The topological polar surface area (TPSA) is 68.5 Å². The normalized spacial score (nSPS) is 15.4. The van der Waals surface area contributed by atoms with Crippen LogP contribution in [0, 0.1) is 11.3 Å². The van der Waals surface area contributed by atoms with Gasteiger partial charge in [0.05, 0.1) is 5.56 Å². The van der Waals surface area contributed by atoms with Gasteiger partial charge < -0.3 is 10.2 Å². The number of carbonyl (C=O) groups is 1. The Labute approximate surface area is 134 Å². The van der Waals surface area contributed by atoms with E-state index in [4.69, 9.17) is 0 Å². The van der Waals surface area contributed by atoms with Crippen molar-refractivity contribution in [1.29, 1.82) is 5.26 Å². The molecular weight excluding hydrogens is 296 g/mol. The molecule has 1 aliphatic rings. The van der Waals surface area contributed by atoms with Gasteiger partial charge in [0.25, 0.3) is 5.91 Å². The summed E-state index contributed by atoms with van der Waals surface area (Å²) in [6.45, 7) is 6.93. The molecule has 114 valence electrons. The van der Waals surface area contributed by atoms with Crippen molar-refractivity contribution in [3.8, 4) is 6.07 Å². The van der Waals surface area contributed by atoms with Crippen LogP contribution in [0.25, 0.3) is 0 Å². The number of amides is 1. The molecule has 22 heavy (non-hydrogen) atoms. The van der Waals surface area contributed by atoms with Gasteiger partial charge in [0.1, 0.15) is 11.1 Å². The van der Waals surface area contributed by atoms with Gasteiger partial charge in [-0.05, 0) is 32.0 Å². The molecule has 0 bridgehead atoms. The first kappa shape index (κ1) is 16.1. The molecule has 6 heteroatoms. The molecule has 2 rings (SSSR count). The zero-order chi connectivity index (χ0) is 16.1. The van der Waals surface area contributed by atoms with Crippen LogP contribution >= 0.6 is 11.3 Å². The SMILES string of the molecule is C=C/N=C\C=C(/C)C(=O)Nc1sc2c(c1C#N)CCN(C)C2. The Hall–Kier alpha value is -2.23. The molecule has 0 atom stereocenters. The molecular formula is C16H18N4OS. The number of aliphatic imine (C=N–C) groups is 1. The molecule has 0 aromatic carbocycles. The lowest BCUT2D eigenvalue weighted by atomic mass is 10.0. The highest BCUT2D eigenvalue weighted by Gasteiger charge is 2.23. The van der Waals surface area contributed by atoms with E-state index in [0.29, 0.717) is 16.1 Å². The first-order valence-electron chi connectivity index (χ1n) is 6.92. The third-order valence-electron chi connectivity index (χ3n) is 3.46. The van der Waals surface area contributed by atoms with E-state index < -0.39 is 0 Å². The molecule has 1 aromatic rings. The zero-order valence-corrected chi connectivity index (χ0v) is 13.5. The van der Waals surface area contributed by atoms with E-state index in [-0.39, 0.29) is 5.91 Å². The van der Waals surface area contributed by atoms with Gasteiger partial charge in [0.15, 0.2) is 0 Å². The maximum Gasteiger partial charge on any atom is 0.251 e. The molecule has 1 amide bonds. The first-order valence-corrected chi connectivity index (χ1v) is 7.74. The Morgan fingerprint density at radius 1 is 1.59 bits per heavy atom. The van der Waals surface area contributed by atoms with Crippen molar-refractivity contribution in [2.45, 2.75) is 19.9 Å². The minimum atomic E-state index is -0.223. The Bertz CT molecular complexity index is 694. The summed E-state index contributed by atoms with van der Waals surface area (Å²) in [7, 11) is 2.05. The molecule has 0 unspecified atom stereocenters. The summed E-state index contributed by atoms with van der Waals surface area (Å²) in [5, 5.41) is 12.9. The van der Waals surface area contributed by atoms with E-state index in [2.05, 4.69) is 34.9 Å². The molecule has 1 aliphatic heterocycles. The number of allylic oxidation sites excluding steroid dienone is 1. The van der Waals surface area contributed by atoms with E-state index >= 15 is 0 Å². The van der Waals surface area contributed by atoms with E-state index in [9.17, 15) is 10.1 Å². The number of rotatable bonds is 4. The lowest BCUT2D eigenvalue weighted by molar-refractivity contribution is -0.112. The van der Waals surface area contributed by atoms with Gasteiger partial charge >= 0.3 is 0 Å². The number of hydrogen-bond donors (Lipinski definition) is 1. The molecule has 0 fully saturated rings. The highest BCUT2D eigenvalue weighted by molar-refractivity contribution is 7.16. The number of nitrogens with one attached hydrogen (secondary N) is 1. The largest absolute Gasteiger partial charge is 0.313 e. The fourth-order valence-electron chi connectivity index (χ4n) is 2.23. The molecule has 0 spiro atoms. The van der Waals surface area contributed by atoms with Crippen LogP contribution in [0.4, 0.5) is 5.00 Å². The number of nitriles is 1. The van der Waals surface area contributed by atoms with Gasteiger partial charge in [-0.2, -0.15) is 5.26 Å². The van der Waals surface area contributed by atoms with Crippen LogP contribution in [-0.4, -0.2) is 30.6 Å². The summed E-state index contributed by atoms with van der Waals surface area (Å²) in [6, 6.07) is 2.23. The van der Waals surface area contributed by atoms with E-state index in [1.165, 1.54) is 23.8 Å². The minimum Gasteiger partial charge on any atom is -0.313 e. The second kappa shape index (κ2) is 7.16. The van der Waals surface area contributed by atoms with Gasteiger partial charge in [-0.25, -0.2) is 0 Å². The molecule has 0 saturated heterocycles. The van der Waals surface area contributed by atoms with Crippen LogP contribution in [0.1, 0.15) is 22.9 Å². The third-order valence-corrected chi connectivity index (χ3v) is 4.59. The number of likely N-dealkylation sites (N-methyl/N-ethyl adjacent to an activating group) is 1. The number of anilines is 1. The summed E-state index contributed by atoms with van der Waals surface area (Å²) in [4.78, 5) is 19.4. The van der Waals surface area contributed by atoms with Gasteiger partial charge in [-0.15, -0.1) is 11.3 Å². The minimum absolute atomic E-state index is 0.223. The van der Waals surface area contributed by atoms with Gasteiger partial charge in [0.2, 0.25) is 0 Å². The Kier molecular flexibility index (Phi) is 5.26. The van der Waals surface area contributed by atoms with Crippen molar-refractivity contribution in [3.05, 3.63) is 40.4 Å². The lowest BCUT2D eigenvalue weighted by Gasteiger charge is -2.21. The van der Waals surface area contributed by atoms with Crippen LogP contribution in [0.15, 0.2) is 29.4 Å². The number of carbonyl (C=O) groups excluding carboxylic acids is 1. The Morgan fingerprint density at radius 2 is 2.36 bits per heavy atom. The molecule has 0 radical (unpaired) electrons. The van der Waals surface area contributed by atoms with Crippen molar-refractivity contribution in [1.82, 2.24) is 4.90 Å². The molecule has 5 nitrogen and oxygen atoms in total. The van der Waals surface area contributed by atoms with Crippen LogP contribution in [-0.2, 0) is 17.8 Å². The summed E-state index contributed by atoms with van der Waals surface area (Å²) < 4.78 is 0. The Morgan fingerprint density at radius 3 is 3.05 bits per heavy atom. The maximum atomic E-state index is 12.2. The summed E-state index contributed by atoms with van der Waals surface area (Å²) in [5.74, 6) is -0.223. The number of thiophene rings is 1. The number of fused-ring (bicyclic) bond motifs is 1. The van der Waals surface area contributed by atoms with Crippen molar-refractivity contribution >= 4 is 28.5 Å². The lowest BCUT2D eigenvalue weighted by Crippen LogP contribution is -2.25. The molecule has 0 saturated carbocycles. The summed E-state index contributed by atoms with van der Waals surface area (Å²) in [5.41, 5.74) is 2.21. The highest BCUT2D eigenvalue weighted by atomic mass is 32.1. The van der Waals surface area contributed by atoms with Crippen LogP contribution in [0.5, 0.6) is 0 Å². The number of hydrogen-bond acceptors (Lipinski definition) is 5. The van der Waals surface area contributed by atoms with Crippen molar-refractivity contribution in [2.75, 3.05) is 18.9 Å². The fraction of sp³-hybridized carbons (Fsp3) is 0.312. The average molecular weight is 314 g/mol. The second-order valence-electron chi connectivity index (χ2n) is 5.09. The summed E-state index contributed by atoms with van der Waals surface area (Å²) >= 11 is 1.49. The standard InChI is InChI=1S/C16H18N4OS/c1-4-18-7-5-11(2)15(21)19-16-13(9-17)12-6-8-20(3)10-14(12)22-16/h4-5,7H,1,6,8,10H2,2-3H3,(H,19,21)/b11-5+,18-7-. The predicted octanol–water partition coefficient (Wildman–Crippen LogP) is 2.71. The predicted molar refractivity (Wildman–Crippen MR) is 90.1 cm³/mol. The van der Waals surface area contributed by atoms with Crippen molar-refractivity contribution in [2.24, 2.45) is 4.99 Å². The second-order valence-corrected chi connectivity index (χ2v) is 6.20. The zero-order valence-electron chi connectivity index (χ0n) is 12.7. The van der Waals surface area contributed by atoms with E-state index in [1.807, 2.05) is 0 Å². The van der Waals surface area contributed by atoms with Crippen molar-refractivity contribution in [3.63, 3.8) is 0 Å². The van der Waals surface area contributed by atoms with E-state index in [0.717, 1.165) is 30.0 Å². The van der Waals surface area contributed by atoms with Crippen molar-refractivity contribution < 1.29 is 4.79 Å². The van der Waals surface area contributed by atoms with E-state index in [1.54, 1.807) is 13.0 Å². The maximum absolute atomic E-state index is 12.2. The first-order chi connectivity index (χ1) is 10.6. The van der Waals surface area contributed by atoms with Crippen LogP contribution < -0.4 is 5.32 Å². The monoisotopic (exact) mass is 314 g/mol. The number of nitrogens with zero attached hydrogens (tertiary/aromatic N) is 3. The molecule has 0 aliphatic carbocycles. The van der Waals surface area contributed by atoms with Gasteiger partial charge in [-0.1, -0.05) is 6.58 Å². The Balaban J connectivity index is 2.22. The summed E-state index contributed by atoms with van der Waals surface area (Å²) in [6.07, 6.45) is 5.38. The quantitative estimate of drug-likeness (QED) is 0.686. The molecule has 1 aromatic heterocycles. The smallest absolute Gasteiger partial charge is 0.251 e. The fourth-order valence-corrected chi connectivity index (χ4v) is 3.50. The average Bonchev–Trinajstić information content (AvgIpc) is 2.83. The third kappa shape index (κ3) is 3.50. The molecule has 2 heterocycles. The highest BCUT2D eigenvalue weighted by Crippen LogP contribution is 2.36. The van der Waals surface area contributed by atoms with Crippen LogP contribution in [0.2, 0.25) is 0 Å².